The van der Waals surface area contributed by atoms with Gasteiger partial charge in [-0.2, -0.15) is 0 Å². The number of carbonyl (C=O) groups excluding carboxylic acids is 3. The molecule has 2 heterocycles. The van der Waals surface area contributed by atoms with Gasteiger partial charge >= 0.3 is 0 Å². The highest BCUT2D eigenvalue weighted by Gasteiger charge is 2.40. The number of piperazine rings is 1. The van der Waals surface area contributed by atoms with Gasteiger partial charge in [0.05, 0.1) is 0 Å². The molecule has 0 N–H and O–H groups in total. The first kappa shape index (κ1) is 19.9. The standard InChI is InChI=1S/C23H25N3O4/c1-17(27)24-13-15-25(16-14-24)22(28)21-11-12-26(23(21)29)18-7-9-20(10-8-18)30-19-5-3-2-4-6-19/h2-10,21H,11-16H2,1H3. The van der Waals surface area contributed by atoms with Gasteiger partial charge in [0.2, 0.25) is 17.7 Å². The van der Waals surface area contributed by atoms with Crippen molar-refractivity contribution in [3.63, 3.8) is 0 Å². The predicted molar refractivity (Wildman–Crippen MR) is 112 cm³/mol. The zero-order valence-corrected chi connectivity index (χ0v) is 17.0. The number of para-hydroxylation sites is 1. The molecule has 3 amide bonds. The Morgan fingerprint density at radius 2 is 1.43 bits per heavy atom. The van der Waals surface area contributed by atoms with Crippen LogP contribution >= 0.6 is 0 Å². The average Bonchev–Trinajstić information content (AvgIpc) is 3.16. The van der Waals surface area contributed by atoms with Gasteiger partial charge in [-0.3, -0.25) is 14.4 Å². The summed E-state index contributed by atoms with van der Waals surface area (Å²) in [5, 5.41) is 0. The first-order valence-corrected chi connectivity index (χ1v) is 10.2. The van der Waals surface area contributed by atoms with Crippen molar-refractivity contribution in [3.8, 4) is 11.5 Å². The molecule has 2 fully saturated rings. The van der Waals surface area contributed by atoms with Gasteiger partial charge in [-0.15, -0.1) is 0 Å². The Bertz CT molecular complexity index is 921. The van der Waals surface area contributed by atoms with Crippen LogP contribution in [-0.2, 0) is 14.4 Å². The number of rotatable bonds is 4. The van der Waals surface area contributed by atoms with Gasteiger partial charge in [0.15, 0.2) is 0 Å². The number of amides is 3. The molecule has 0 bridgehead atoms. The van der Waals surface area contributed by atoms with Gasteiger partial charge in [0.1, 0.15) is 17.4 Å². The zero-order valence-electron chi connectivity index (χ0n) is 17.0. The van der Waals surface area contributed by atoms with Crippen LogP contribution < -0.4 is 9.64 Å². The molecule has 0 spiro atoms. The van der Waals surface area contributed by atoms with Crippen LogP contribution in [-0.4, -0.2) is 60.2 Å². The van der Waals surface area contributed by atoms with Gasteiger partial charge in [-0.1, -0.05) is 18.2 Å². The summed E-state index contributed by atoms with van der Waals surface area (Å²) in [6.45, 7) is 4.05. The Balaban J connectivity index is 1.37. The van der Waals surface area contributed by atoms with Gasteiger partial charge < -0.3 is 19.4 Å². The number of hydrogen-bond acceptors (Lipinski definition) is 4. The largest absolute Gasteiger partial charge is 0.457 e. The molecular formula is C23H25N3O4. The van der Waals surface area contributed by atoms with Gasteiger partial charge in [-0.25, -0.2) is 0 Å². The van der Waals surface area contributed by atoms with E-state index in [1.807, 2.05) is 54.6 Å². The predicted octanol–water partition coefficient (Wildman–Crippen LogP) is 2.52. The number of anilines is 1. The lowest BCUT2D eigenvalue weighted by molar-refractivity contribution is -0.144. The van der Waals surface area contributed by atoms with E-state index in [9.17, 15) is 14.4 Å². The van der Waals surface area contributed by atoms with Crippen LogP contribution in [0.5, 0.6) is 11.5 Å². The second kappa shape index (κ2) is 8.57. The molecule has 0 radical (unpaired) electrons. The fourth-order valence-corrected chi connectivity index (χ4v) is 3.95. The summed E-state index contributed by atoms with van der Waals surface area (Å²) in [5.74, 6) is 0.519. The topological polar surface area (TPSA) is 70.2 Å². The van der Waals surface area contributed by atoms with Gasteiger partial charge in [0.25, 0.3) is 0 Å². The molecule has 7 nitrogen and oxygen atoms in total. The Labute approximate surface area is 175 Å². The average molecular weight is 407 g/mol. The zero-order chi connectivity index (χ0) is 21.1. The molecule has 1 atom stereocenters. The molecule has 156 valence electrons. The molecule has 2 aliphatic rings. The Morgan fingerprint density at radius 3 is 2.07 bits per heavy atom. The first-order chi connectivity index (χ1) is 14.5. The third-order valence-corrected chi connectivity index (χ3v) is 5.67. The highest BCUT2D eigenvalue weighted by Crippen LogP contribution is 2.29. The Morgan fingerprint density at radius 1 is 0.833 bits per heavy atom. The summed E-state index contributed by atoms with van der Waals surface area (Å²) >= 11 is 0. The lowest BCUT2D eigenvalue weighted by Gasteiger charge is -2.35. The Kier molecular flexibility index (Phi) is 5.70. The molecule has 0 aliphatic carbocycles. The van der Waals surface area contributed by atoms with E-state index in [-0.39, 0.29) is 17.7 Å². The monoisotopic (exact) mass is 407 g/mol. The second-order valence-electron chi connectivity index (χ2n) is 7.57. The van der Waals surface area contributed by atoms with Crippen molar-refractivity contribution in [2.45, 2.75) is 13.3 Å². The SMILES string of the molecule is CC(=O)N1CCN(C(=O)C2CCN(c3ccc(Oc4ccccc4)cc3)C2=O)CC1. The summed E-state index contributed by atoms with van der Waals surface area (Å²) in [4.78, 5) is 42.4. The molecule has 7 heteroatoms. The Hall–Kier alpha value is -3.35. The van der Waals surface area contributed by atoms with Crippen LogP contribution in [0.2, 0.25) is 0 Å². The summed E-state index contributed by atoms with van der Waals surface area (Å²) in [5.41, 5.74) is 0.761. The highest BCUT2D eigenvalue weighted by atomic mass is 16.5. The summed E-state index contributed by atoms with van der Waals surface area (Å²) in [6, 6.07) is 16.8. The van der Waals surface area contributed by atoms with Crippen LogP contribution in [0, 0.1) is 5.92 Å². The molecule has 2 aromatic carbocycles. The maximum absolute atomic E-state index is 12.9. The fraction of sp³-hybridized carbons (Fsp3) is 0.348. The number of nitrogens with zero attached hydrogens (tertiary/aromatic N) is 3. The van der Waals surface area contributed by atoms with E-state index in [1.165, 1.54) is 6.92 Å². The third-order valence-electron chi connectivity index (χ3n) is 5.67. The fourth-order valence-electron chi connectivity index (χ4n) is 3.95. The number of carbonyl (C=O) groups is 3. The summed E-state index contributed by atoms with van der Waals surface area (Å²) in [6.07, 6.45) is 0.507. The van der Waals surface area contributed by atoms with Crippen LogP contribution in [0.25, 0.3) is 0 Å². The van der Waals surface area contributed by atoms with Crippen LogP contribution in [0.4, 0.5) is 5.69 Å². The van der Waals surface area contributed by atoms with Crippen molar-refractivity contribution < 1.29 is 19.1 Å². The smallest absolute Gasteiger partial charge is 0.239 e. The molecule has 4 rings (SSSR count). The van der Waals surface area contributed by atoms with Crippen molar-refractivity contribution >= 4 is 23.4 Å². The molecular weight excluding hydrogens is 382 g/mol. The maximum Gasteiger partial charge on any atom is 0.239 e. The third kappa shape index (κ3) is 4.15. The number of ether oxygens (including phenoxy) is 1. The van der Waals surface area contributed by atoms with Crippen molar-refractivity contribution in [3.05, 3.63) is 54.6 Å². The molecule has 2 aromatic rings. The van der Waals surface area contributed by atoms with E-state index < -0.39 is 5.92 Å². The van der Waals surface area contributed by atoms with Crippen LogP contribution in [0.1, 0.15) is 13.3 Å². The number of benzene rings is 2. The minimum Gasteiger partial charge on any atom is -0.457 e. The molecule has 1 unspecified atom stereocenters. The van der Waals surface area contributed by atoms with Crippen molar-refractivity contribution in [2.24, 2.45) is 5.92 Å². The van der Waals surface area contributed by atoms with Crippen molar-refractivity contribution in [1.82, 2.24) is 9.80 Å². The summed E-state index contributed by atoms with van der Waals surface area (Å²) in [7, 11) is 0. The van der Waals surface area contributed by atoms with E-state index >= 15 is 0 Å². The minimum absolute atomic E-state index is 0.0184. The quantitative estimate of drug-likeness (QED) is 0.731. The maximum atomic E-state index is 12.9. The van der Waals surface area contributed by atoms with Crippen molar-refractivity contribution in [2.75, 3.05) is 37.6 Å². The molecule has 30 heavy (non-hydrogen) atoms. The molecule has 2 aliphatic heterocycles. The van der Waals surface area contributed by atoms with E-state index in [0.717, 1.165) is 11.4 Å². The van der Waals surface area contributed by atoms with E-state index in [2.05, 4.69) is 0 Å². The number of hydrogen-bond donors (Lipinski definition) is 0. The normalized spacial score (nSPS) is 19.2. The molecule has 0 aromatic heterocycles. The molecule has 2 saturated heterocycles. The lowest BCUT2D eigenvalue weighted by atomic mass is 10.1. The van der Waals surface area contributed by atoms with Crippen LogP contribution in [0.3, 0.4) is 0 Å². The highest BCUT2D eigenvalue weighted by molar-refractivity contribution is 6.09. The minimum atomic E-state index is -0.644. The summed E-state index contributed by atoms with van der Waals surface area (Å²) < 4.78 is 5.79. The van der Waals surface area contributed by atoms with Crippen molar-refractivity contribution in [1.29, 1.82) is 0 Å². The van der Waals surface area contributed by atoms with E-state index in [4.69, 9.17) is 4.74 Å². The van der Waals surface area contributed by atoms with Crippen LogP contribution in [0.15, 0.2) is 54.6 Å². The first-order valence-electron chi connectivity index (χ1n) is 10.2. The lowest BCUT2D eigenvalue weighted by Crippen LogP contribution is -2.52. The molecule has 0 saturated carbocycles. The van der Waals surface area contributed by atoms with Gasteiger partial charge in [0, 0.05) is 45.3 Å². The van der Waals surface area contributed by atoms with E-state index in [0.29, 0.717) is 44.9 Å². The second-order valence-corrected chi connectivity index (χ2v) is 7.57. The van der Waals surface area contributed by atoms with E-state index in [1.54, 1.807) is 14.7 Å². The van der Waals surface area contributed by atoms with Gasteiger partial charge in [-0.05, 0) is 42.8 Å².